The van der Waals surface area contributed by atoms with Crippen LogP contribution in [0.15, 0.2) is 41.3 Å². The van der Waals surface area contributed by atoms with Gasteiger partial charge in [0.2, 0.25) is 0 Å². The molecule has 0 aliphatic carbocycles. The molecule has 2 aromatic rings. The van der Waals surface area contributed by atoms with Crippen molar-refractivity contribution in [2.45, 2.75) is 11.8 Å². The molecule has 0 fully saturated rings. The lowest BCUT2D eigenvalue weighted by molar-refractivity contribution is 0.599. The number of benzene rings is 2. The van der Waals surface area contributed by atoms with Crippen molar-refractivity contribution in [2.24, 2.45) is 0 Å². The number of aryl methyl sites for hydroxylation is 1. The van der Waals surface area contributed by atoms with Gasteiger partial charge in [-0.25, -0.2) is 17.2 Å². The smallest absolute Gasteiger partial charge is 0.261 e. The van der Waals surface area contributed by atoms with Gasteiger partial charge in [-0.3, -0.25) is 4.72 Å². The van der Waals surface area contributed by atoms with Crippen LogP contribution in [-0.2, 0) is 10.0 Å². The first-order valence-corrected chi connectivity index (χ1v) is 7.40. The highest BCUT2D eigenvalue weighted by atomic mass is 35.5. The van der Waals surface area contributed by atoms with E-state index in [2.05, 4.69) is 4.72 Å². The van der Waals surface area contributed by atoms with Crippen molar-refractivity contribution in [3.8, 4) is 0 Å². The highest BCUT2D eigenvalue weighted by Gasteiger charge is 2.16. The Morgan fingerprint density at radius 2 is 1.75 bits per heavy atom. The number of hydrogen-bond acceptors (Lipinski definition) is 2. The summed E-state index contributed by atoms with van der Waals surface area (Å²) in [6.45, 7) is 1.56. The first-order valence-electron chi connectivity index (χ1n) is 5.53. The van der Waals surface area contributed by atoms with E-state index in [1.165, 1.54) is 12.1 Å². The van der Waals surface area contributed by atoms with Crippen LogP contribution < -0.4 is 4.72 Å². The maximum Gasteiger partial charge on any atom is 0.261 e. The van der Waals surface area contributed by atoms with E-state index in [9.17, 15) is 17.2 Å². The molecule has 0 radical (unpaired) electrons. The largest absolute Gasteiger partial charge is 0.280 e. The zero-order chi connectivity index (χ0) is 14.9. The summed E-state index contributed by atoms with van der Waals surface area (Å²) >= 11 is 5.54. The second-order valence-corrected chi connectivity index (χ2v) is 6.23. The Morgan fingerprint density at radius 3 is 2.35 bits per heavy atom. The molecule has 0 aromatic heterocycles. The summed E-state index contributed by atoms with van der Waals surface area (Å²) < 4.78 is 52.7. The summed E-state index contributed by atoms with van der Waals surface area (Å²) in [5.41, 5.74) is 0.478. The molecule has 3 nitrogen and oxygen atoms in total. The molecular weight excluding hydrogens is 308 g/mol. The van der Waals surface area contributed by atoms with E-state index in [-0.39, 0.29) is 15.6 Å². The highest BCUT2D eigenvalue weighted by molar-refractivity contribution is 7.92. The fraction of sp³-hybridized carbons (Fsp3) is 0.0769. The van der Waals surface area contributed by atoms with E-state index in [0.717, 1.165) is 24.3 Å². The monoisotopic (exact) mass is 317 g/mol. The minimum atomic E-state index is -3.95. The van der Waals surface area contributed by atoms with Crippen LogP contribution >= 0.6 is 11.6 Å². The molecule has 20 heavy (non-hydrogen) atoms. The summed E-state index contributed by atoms with van der Waals surface area (Å²) in [7, 11) is -3.95. The molecule has 1 N–H and O–H groups in total. The number of rotatable bonds is 3. The summed E-state index contributed by atoms with van der Waals surface area (Å²) in [4.78, 5) is -0.204. The standard InChI is InChI=1S/C13H10ClF2NO2S/c1-8-2-3-9(6-13(8)16)17-20(18,19)10-4-5-12(15)11(14)7-10/h2-7,17H,1H3. The van der Waals surface area contributed by atoms with Crippen LogP contribution in [0, 0.1) is 18.6 Å². The summed E-state index contributed by atoms with van der Waals surface area (Å²) in [5, 5.41) is -0.303. The lowest BCUT2D eigenvalue weighted by Gasteiger charge is -2.09. The Kier molecular flexibility index (Phi) is 3.96. The van der Waals surface area contributed by atoms with Gasteiger partial charge < -0.3 is 0 Å². The first-order chi connectivity index (χ1) is 9.29. The summed E-state index contributed by atoms with van der Waals surface area (Å²) in [6, 6.07) is 6.97. The molecule has 0 saturated carbocycles. The third-order valence-electron chi connectivity index (χ3n) is 2.63. The predicted molar refractivity (Wildman–Crippen MR) is 73.4 cm³/mol. The van der Waals surface area contributed by atoms with Crippen molar-refractivity contribution in [3.05, 3.63) is 58.6 Å². The van der Waals surface area contributed by atoms with Crippen molar-refractivity contribution in [3.63, 3.8) is 0 Å². The van der Waals surface area contributed by atoms with Gasteiger partial charge in [0.1, 0.15) is 11.6 Å². The van der Waals surface area contributed by atoms with Crippen LogP contribution in [0.25, 0.3) is 0 Å². The Bertz CT molecular complexity index is 763. The zero-order valence-corrected chi connectivity index (χ0v) is 11.9. The maximum absolute atomic E-state index is 13.4. The maximum atomic E-state index is 13.4. The van der Waals surface area contributed by atoms with Crippen LogP contribution in [0.2, 0.25) is 5.02 Å². The van der Waals surface area contributed by atoms with Crippen LogP contribution in [0.3, 0.4) is 0 Å². The number of nitrogens with one attached hydrogen (secondary N) is 1. The molecule has 0 amide bonds. The quantitative estimate of drug-likeness (QED) is 0.937. The van der Waals surface area contributed by atoms with Crippen LogP contribution in [0.1, 0.15) is 5.56 Å². The third kappa shape index (κ3) is 3.08. The van der Waals surface area contributed by atoms with Gasteiger partial charge in [-0.15, -0.1) is 0 Å². The predicted octanol–water partition coefficient (Wildman–Crippen LogP) is 3.73. The molecule has 0 heterocycles. The average Bonchev–Trinajstić information content (AvgIpc) is 2.37. The van der Waals surface area contributed by atoms with Crippen molar-refractivity contribution in [2.75, 3.05) is 4.72 Å². The average molecular weight is 318 g/mol. The molecule has 0 saturated heterocycles. The summed E-state index contributed by atoms with van der Waals surface area (Å²) in [5.74, 6) is -1.24. The van der Waals surface area contributed by atoms with Crippen molar-refractivity contribution in [1.82, 2.24) is 0 Å². The number of halogens is 3. The fourth-order valence-electron chi connectivity index (χ4n) is 1.51. The highest BCUT2D eigenvalue weighted by Crippen LogP contribution is 2.22. The van der Waals surface area contributed by atoms with Crippen molar-refractivity contribution < 1.29 is 17.2 Å². The minimum Gasteiger partial charge on any atom is -0.280 e. The molecule has 0 bridgehead atoms. The number of sulfonamides is 1. The Labute approximate surface area is 120 Å². The van der Waals surface area contributed by atoms with Gasteiger partial charge in [0.25, 0.3) is 10.0 Å². The van der Waals surface area contributed by atoms with Gasteiger partial charge in [0, 0.05) is 0 Å². The molecule has 0 unspecified atom stereocenters. The molecule has 2 rings (SSSR count). The van der Waals surface area contributed by atoms with Crippen molar-refractivity contribution in [1.29, 1.82) is 0 Å². The molecule has 0 atom stereocenters. The normalized spacial score (nSPS) is 11.4. The van der Waals surface area contributed by atoms with Crippen LogP contribution in [0.4, 0.5) is 14.5 Å². The van der Waals surface area contributed by atoms with Crippen LogP contribution in [-0.4, -0.2) is 8.42 Å². The Morgan fingerprint density at radius 1 is 1.05 bits per heavy atom. The molecule has 0 aliphatic heterocycles. The lowest BCUT2D eigenvalue weighted by Crippen LogP contribution is -2.13. The van der Waals surface area contributed by atoms with Crippen LogP contribution in [0.5, 0.6) is 0 Å². The zero-order valence-electron chi connectivity index (χ0n) is 10.3. The van der Waals surface area contributed by atoms with Gasteiger partial charge in [0.15, 0.2) is 0 Å². The molecule has 0 aliphatic rings. The third-order valence-corrected chi connectivity index (χ3v) is 4.29. The van der Waals surface area contributed by atoms with Gasteiger partial charge in [-0.1, -0.05) is 17.7 Å². The molecule has 2 aromatic carbocycles. The molecule has 7 heteroatoms. The fourth-order valence-corrected chi connectivity index (χ4v) is 2.83. The van der Waals surface area contributed by atoms with Gasteiger partial charge in [0.05, 0.1) is 15.6 Å². The van der Waals surface area contributed by atoms with E-state index in [4.69, 9.17) is 11.6 Å². The van der Waals surface area contributed by atoms with E-state index in [1.807, 2.05) is 0 Å². The second-order valence-electron chi connectivity index (χ2n) is 4.15. The molecule has 106 valence electrons. The minimum absolute atomic E-state index is 0.0774. The Balaban J connectivity index is 2.35. The van der Waals surface area contributed by atoms with E-state index in [0.29, 0.717) is 5.56 Å². The molecule has 0 spiro atoms. The van der Waals surface area contributed by atoms with Crippen molar-refractivity contribution >= 4 is 27.3 Å². The first kappa shape index (κ1) is 14.7. The number of anilines is 1. The number of hydrogen-bond donors (Lipinski definition) is 1. The van der Waals surface area contributed by atoms with Gasteiger partial charge >= 0.3 is 0 Å². The van der Waals surface area contributed by atoms with E-state index in [1.54, 1.807) is 6.92 Å². The van der Waals surface area contributed by atoms with Gasteiger partial charge in [-0.05, 0) is 42.8 Å². The Hall–Kier alpha value is -1.66. The molecular formula is C13H10ClF2NO2S. The topological polar surface area (TPSA) is 46.2 Å². The van der Waals surface area contributed by atoms with E-state index >= 15 is 0 Å². The summed E-state index contributed by atoms with van der Waals surface area (Å²) in [6.07, 6.45) is 0. The van der Waals surface area contributed by atoms with E-state index < -0.39 is 21.7 Å². The lowest BCUT2D eigenvalue weighted by atomic mass is 10.2. The van der Waals surface area contributed by atoms with Gasteiger partial charge in [-0.2, -0.15) is 0 Å². The SMILES string of the molecule is Cc1ccc(NS(=O)(=O)c2ccc(F)c(Cl)c2)cc1F. The second kappa shape index (κ2) is 5.38.